The van der Waals surface area contributed by atoms with E-state index in [4.69, 9.17) is 37.4 Å². The van der Waals surface area contributed by atoms with Crippen LogP contribution < -0.4 is 24.4 Å². The standard InChI is InChI=1S/C27H21BrCl2N2O6/c1-36-23-15-16(14-22(28)24(23)38-12-2-11-37-20-9-5-18(30)6-10-20)13-21-25(33)31-27(35)32(26(21)34)19-7-3-17(29)4-8-19/h3-10,13-15H,2,11-12H2,1H3,(H,31,33,35). The van der Waals surface area contributed by atoms with Crippen molar-refractivity contribution in [2.75, 3.05) is 25.2 Å². The zero-order valence-electron chi connectivity index (χ0n) is 20.0. The van der Waals surface area contributed by atoms with Gasteiger partial charge in [-0.3, -0.25) is 14.9 Å². The lowest BCUT2D eigenvalue weighted by molar-refractivity contribution is -0.122. The number of methoxy groups -OCH3 is 1. The number of barbiturate groups is 1. The molecule has 0 unspecified atom stereocenters. The molecular weight excluding hydrogens is 599 g/mol. The molecule has 0 atom stereocenters. The third kappa shape index (κ3) is 6.48. The van der Waals surface area contributed by atoms with Gasteiger partial charge >= 0.3 is 6.03 Å². The van der Waals surface area contributed by atoms with E-state index in [0.29, 0.717) is 57.0 Å². The van der Waals surface area contributed by atoms with Gasteiger partial charge in [-0.25, -0.2) is 9.69 Å². The van der Waals surface area contributed by atoms with Crippen molar-refractivity contribution in [2.24, 2.45) is 0 Å². The number of hydrogen-bond acceptors (Lipinski definition) is 6. The number of carbonyl (C=O) groups is 3. The maximum Gasteiger partial charge on any atom is 0.335 e. The highest BCUT2D eigenvalue weighted by Crippen LogP contribution is 2.37. The van der Waals surface area contributed by atoms with Crippen LogP contribution in [0.3, 0.4) is 0 Å². The summed E-state index contributed by atoms with van der Waals surface area (Å²) in [5.41, 5.74) is 0.537. The predicted molar refractivity (Wildman–Crippen MR) is 148 cm³/mol. The Balaban J connectivity index is 1.47. The van der Waals surface area contributed by atoms with E-state index in [1.165, 1.54) is 25.3 Å². The van der Waals surface area contributed by atoms with Crippen molar-refractivity contribution in [3.05, 3.63) is 86.3 Å². The van der Waals surface area contributed by atoms with Crippen LogP contribution in [0.4, 0.5) is 10.5 Å². The second-order valence-corrected chi connectivity index (χ2v) is 9.70. The van der Waals surface area contributed by atoms with Crippen molar-refractivity contribution in [3.8, 4) is 17.2 Å². The van der Waals surface area contributed by atoms with E-state index in [0.717, 1.165) is 4.90 Å². The van der Waals surface area contributed by atoms with Gasteiger partial charge in [0.15, 0.2) is 11.5 Å². The van der Waals surface area contributed by atoms with Gasteiger partial charge in [0.2, 0.25) is 0 Å². The minimum atomic E-state index is -0.845. The molecule has 0 aromatic heterocycles. The lowest BCUT2D eigenvalue weighted by Gasteiger charge is -2.26. The van der Waals surface area contributed by atoms with Crippen LogP contribution in [0.5, 0.6) is 17.2 Å². The Labute approximate surface area is 237 Å². The molecule has 1 saturated heterocycles. The van der Waals surface area contributed by atoms with Crippen LogP contribution in [0.25, 0.3) is 6.08 Å². The highest BCUT2D eigenvalue weighted by Gasteiger charge is 2.36. The number of halogens is 3. The molecule has 8 nitrogen and oxygen atoms in total. The third-order valence-corrected chi connectivity index (χ3v) is 6.46. The molecule has 11 heteroatoms. The number of benzene rings is 3. The molecule has 0 aliphatic carbocycles. The molecule has 1 aliphatic heterocycles. The zero-order valence-corrected chi connectivity index (χ0v) is 23.1. The van der Waals surface area contributed by atoms with Gasteiger partial charge in [-0.05, 0) is 88.2 Å². The minimum absolute atomic E-state index is 0.221. The number of ether oxygens (including phenoxy) is 3. The lowest BCUT2D eigenvalue weighted by Crippen LogP contribution is -2.54. The number of rotatable bonds is 9. The summed E-state index contributed by atoms with van der Waals surface area (Å²) in [4.78, 5) is 38.9. The van der Waals surface area contributed by atoms with Crippen LogP contribution in [-0.2, 0) is 9.59 Å². The molecule has 4 amide bonds. The Bertz CT molecular complexity index is 1390. The topological polar surface area (TPSA) is 94.2 Å². The van der Waals surface area contributed by atoms with Crippen molar-refractivity contribution < 1.29 is 28.6 Å². The first-order chi connectivity index (χ1) is 18.3. The first-order valence-corrected chi connectivity index (χ1v) is 12.9. The van der Waals surface area contributed by atoms with Gasteiger partial charge in [0.25, 0.3) is 11.8 Å². The second-order valence-electron chi connectivity index (χ2n) is 7.97. The van der Waals surface area contributed by atoms with E-state index in [1.54, 1.807) is 48.5 Å². The molecule has 1 fully saturated rings. The molecule has 1 N–H and O–H groups in total. The summed E-state index contributed by atoms with van der Waals surface area (Å²) in [6.45, 7) is 0.786. The van der Waals surface area contributed by atoms with Gasteiger partial charge in [0.1, 0.15) is 11.3 Å². The number of anilines is 1. The van der Waals surface area contributed by atoms with Crippen molar-refractivity contribution >= 4 is 68.7 Å². The average molecular weight is 620 g/mol. The number of hydrogen-bond donors (Lipinski definition) is 1. The van der Waals surface area contributed by atoms with Crippen LogP contribution >= 0.6 is 39.1 Å². The van der Waals surface area contributed by atoms with E-state index < -0.39 is 17.8 Å². The highest BCUT2D eigenvalue weighted by atomic mass is 79.9. The molecule has 38 heavy (non-hydrogen) atoms. The van der Waals surface area contributed by atoms with Crippen LogP contribution in [0, 0.1) is 0 Å². The minimum Gasteiger partial charge on any atom is -0.493 e. The number of amides is 4. The third-order valence-electron chi connectivity index (χ3n) is 5.37. The number of carbonyl (C=O) groups excluding carboxylic acids is 3. The first kappa shape index (κ1) is 27.5. The van der Waals surface area contributed by atoms with E-state index in [-0.39, 0.29) is 11.3 Å². The summed E-state index contributed by atoms with van der Waals surface area (Å²) in [5.74, 6) is -0.0145. The first-order valence-electron chi connectivity index (χ1n) is 11.3. The van der Waals surface area contributed by atoms with Gasteiger partial charge in [-0.1, -0.05) is 23.2 Å². The molecule has 0 bridgehead atoms. The Morgan fingerprint density at radius 2 is 1.55 bits per heavy atom. The summed E-state index contributed by atoms with van der Waals surface area (Å²) < 4.78 is 17.6. The number of imide groups is 2. The van der Waals surface area contributed by atoms with E-state index in [2.05, 4.69) is 21.2 Å². The molecule has 1 heterocycles. The Morgan fingerprint density at radius 1 is 0.921 bits per heavy atom. The normalized spacial score (nSPS) is 14.5. The smallest absolute Gasteiger partial charge is 0.335 e. The summed E-state index contributed by atoms with van der Waals surface area (Å²) in [6, 6.07) is 15.7. The summed E-state index contributed by atoms with van der Waals surface area (Å²) in [5, 5.41) is 3.27. The van der Waals surface area contributed by atoms with Crippen molar-refractivity contribution in [3.63, 3.8) is 0 Å². The van der Waals surface area contributed by atoms with Crippen LogP contribution in [0.2, 0.25) is 10.0 Å². The maximum atomic E-state index is 13.1. The Kier molecular flexibility index (Phi) is 8.93. The van der Waals surface area contributed by atoms with Crippen molar-refractivity contribution in [1.29, 1.82) is 0 Å². The van der Waals surface area contributed by atoms with Crippen molar-refractivity contribution in [2.45, 2.75) is 6.42 Å². The molecule has 1 aliphatic rings. The van der Waals surface area contributed by atoms with Crippen LogP contribution in [-0.4, -0.2) is 38.2 Å². The van der Waals surface area contributed by atoms with Gasteiger partial charge in [0.05, 0.1) is 30.5 Å². The molecular formula is C27H21BrCl2N2O6. The summed E-state index contributed by atoms with van der Waals surface area (Å²) in [6.07, 6.45) is 1.98. The largest absolute Gasteiger partial charge is 0.493 e. The second kappa shape index (κ2) is 12.3. The number of nitrogens with zero attached hydrogens (tertiary/aromatic N) is 1. The Morgan fingerprint density at radius 3 is 2.21 bits per heavy atom. The van der Waals surface area contributed by atoms with Gasteiger partial charge < -0.3 is 14.2 Å². The van der Waals surface area contributed by atoms with Crippen LogP contribution in [0.15, 0.2) is 70.7 Å². The fourth-order valence-electron chi connectivity index (χ4n) is 3.57. The highest BCUT2D eigenvalue weighted by molar-refractivity contribution is 9.10. The molecule has 0 spiro atoms. The quantitative estimate of drug-likeness (QED) is 0.172. The fourth-order valence-corrected chi connectivity index (χ4v) is 4.39. The zero-order chi connectivity index (χ0) is 27.2. The van der Waals surface area contributed by atoms with Gasteiger partial charge in [-0.15, -0.1) is 0 Å². The molecule has 0 radical (unpaired) electrons. The monoisotopic (exact) mass is 618 g/mol. The number of nitrogens with one attached hydrogen (secondary N) is 1. The molecule has 4 rings (SSSR count). The van der Waals surface area contributed by atoms with Gasteiger partial charge in [-0.2, -0.15) is 0 Å². The SMILES string of the molecule is COc1cc(C=C2C(=O)NC(=O)N(c3ccc(Cl)cc3)C2=O)cc(Br)c1OCCCOc1ccc(Cl)cc1. The average Bonchev–Trinajstić information content (AvgIpc) is 2.89. The van der Waals surface area contributed by atoms with Crippen molar-refractivity contribution in [1.82, 2.24) is 5.32 Å². The maximum absolute atomic E-state index is 13.1. The van der Waals surface area contributed by atoms with Gasteiger partial charge in [0, 0.05) is 16.5 Å². The summed E-state index contributed by atoms with van der Waals surface area (Å²) >= 11 is 15.3. The van der Waals surface area contributed by atoms with Crippen LogP contribution in [0.1, 0.15) is 12.0 Å². The molecule has 0 saturated carbocycles. The van der Waals surface area contributed by atoms with E-state index in [9.17, 15) is 14.4 Å². The molecule has 196 valence electrons. The Hall–Kier alpha value is -3.53. The fraction of sp³-hybridized carbons (Fsp3) is 0.148. The molecule has 3 aromatic carbocycles. The lowest BCUT2D eigenvalue weighted by atomic mass is 10.1. The summed E-state index contributed by atoms with van der Waals surface area (Å²) in [7, 11) is 1.48. The van der Waals surface area contributed by atoms with E-state index >= 15 is 0 Å². The predicted octanol–water partition coefficient (Wildman–Crippen LogP) is 6.28. The number of urea groups is 1. The van der Waals surface area contributed by atoms with E-state index in [1.807, 2.05) is 0 Å². The molecule has 3 aromatic rings.